The van der Waals surface area contributed by atoms with Gasteiger partial charge in [0.25, 0.3) is 0 Å². The summed E-state index contributed by atoms with van der Waals surface area (Å²) in [5, 5.41) is 0.170. The fourth-order valence-corrected chi connectivity index (χ4v) is 1.82. The van der Waals surface area contributed by atoms with Gasteiger partial charge in [0.1, 0.15) is 12.1 Å². The van der Waals surface area contributed by atoms with Gasteiger partial charge >= 0.3 is 0 Å². The smallest absolute Gasteiger partial charge is 0.178 e. The average molecular weight is 272 g/mol. The van der Waals surface area contributed by atoms with E-state index in [0.717, 1.165) is 0 Å². The highest BCUT2D eigenvalue weighted by Gasteiger charge is 2.15. The molecule has 4 nitrogen and oxygen atoms in total. The maximum Gasteiger partial charge on any atom is 0.178 e. The topological polar surface area (TPSA) is 61.0 Å². The maximum absolute atomic E-state index is 13.8. The predicted molar refractivity (Wildman–Crippen MR) is 58.2 cm³/mol. The Bertz CT molecular complexity index is 532. The van der Waals surface area contributed by atoms with Crippen molar-refractivity contribution in [1.82, 2.24) is 9.97 Å². The van der Waals surface area contributed by atoms with Crippen LogP contribution in [-0.2, 0) is 0 Å². The third kappa shape index (κ3) is 1.50. The quantitative estimate of drug-likeness (QED) is 0.863. The number of anilines is 1. The van der Waals surface area contributed by atoms with Crippen molar-refractivity contribution in [2.45, 2.75) is 0 Å². The minimum Gasteiger partial charge on any atom is -0.494 e. The zero-order chi connectivity index (χ0) is 11.0. The molecule has 2 rings (SSSR count). The molecule has 2 aromatic rings. The van der Waals surface area contributed by atoms with Crippen molar-refractivity contribution in [3.8, 4) is 5.75 Å². The first-order valence-electron chi connectivity index (χ1n) is 4.07. The molecule has 2 N–H and O–H groups in total. The van der Waals surface area contributed by atoms with Gasteiger partial charge < -0.3 is 10.5 Å². The highest BCUT2D eigenvalue weighted by atomic mass is 79.9. The summed E-state index contributed by atoms with van der Waals surface area (Å²) in [4.78, 5) is 7.68. The Morgan fingerprint density at radius 2 is 2.20 bits per heavy atom. The van der Waals surface area contributed by atoms with Gasteiger partial charge in [0.05, 0.1) is 18.0 Å². The van der Waals surface area contributed by atoms with Crippen LogP contribution in [0.15, 0.2) is 16.9 Å². The molecule has 0 bridgehead atoms. The van der Waals surface area contributed by atoms with Crippen molar-refractivity contribution < 1.29 is 9.13 Å². The summed E-state index contributed by atoms with van der Waals surface area (Å²) < 4.78 is 19.3. The van der Waals surface area contributed by atoms with Crippen LogP contribution in [0.3, 0.4) is 0 Å². The first-order valence-corrected chi connectivity index (χ1v) is 4.86. The molecule has 1 aromatic heterocycles. The largest absolute Gasteiger partial charge is 0.494 e. The number of hydrogen-bond acceptors (Lipinski definition) is 4. The molecule has 78 valence electrons. The van der Waals surface area contributed by atoms with E-state index >= 15 is 0 Å². The molecule has 0 atom stereocenters. The van der Waals surface area contributed by atoms with E-state index in [2.05, 4.69) is 25.9 Å². The number of halogens is 2. The molecule has 0 radical (unpaired) electrons. The normalized spacial score (nSPS) is 10.6. The summed E-state index contributed by atoms with van der Waals surface area (Å²) in [6, 6.07) is 1.50. The summed E-state index contributed by atoms with van der Waals surface area (Å²) in [7, 11) is 1.39. The summed E-state index contributed by atoms with van der Waals surface area (Å²) in [6.45, 7) is 0. The van der Waals surface area contributed by atoms with Gasteiger partial charge in [-0.25, -0.2) is 14.4 Å². The van der Waals surface area contributed by atoms with Crippen molar-refractivity contribution in [2.24, 2.45) is 0 Å². The van der Waals surface area contributed by atoms with E-state index in [-0.39, 0.29) is 17.0 Å². The van der Waals surface area contributed by atoms with Crippen LogP contribution in [-0.4, -0.2) is 17.1 Å². The van der Waals surface area contributed by atoms with E-state index in [1.165, 1.54) is 19.5 Å². The van der Waals surface area contributed by atoms with Gasteiger partial charge in [-0.1, -0.05) is 0 Å². The number of nitrogens with two attached hydrogens (primary N) is 1. The Hall–Kier alpha value is -1.43. The number of aromatic nitrogens is 2. The zero-order valence-electron chi connectivity index (χ0n) is 7.79. The Labute approximate surface area is 93.4 Å². The molecule has 0 spiro atoms. The predicted octanol–water partition coefficient (Wildman–Crippen LogP) is 2.12. The van der Waals surface area contributed by atoms with E-state index in [1.54, 1.807) is 0 Å². The lowest BCUT2D eigenvalue weighted by atomic mass is 10.2. The fourth-order valence-electron chi connectivity index (χ4n) is 1.32. The van der Waals surface area contributed by atoms with Gasteiger partial charge in [0, 0.05) is 4.47 Å². The van der Waals surface area contributed by atoms with Gasteiger partial charge in [-0.2, -0.15) is 0 Å². The summed E-state index contributed by atoms with van der Waals surface area (Å²) in [5.74, 6) is -0.346. The van der Waals surface area contributed by atoms with Gasteiger partial charge in [-0.15, -0.1) is 0 Å². The second-order valence-corrected chi connectivity index (χ2v) is 3.71. The SMILES string of the molecule is COc1cc(Br)c2ncnc(N)c2c1F. The third-order valence-electron chi connectivity index (χ3n) is 2.02. The van der Waals surface area contributed by atoms with Crippen LogP contribution in [0.1, 0.15) is 0 Å². The van der Waals surface area contributed by atoms with Crippen LogP contribution in [0.4, 0.5) is 10.2 Å². The van der Waals surface area contributed by atoms with Crippen LogP contribution in [0, 0.1) is 5.82 Å². The number of rotatable bonds is 1. The van der Waals surface area contributed by atoms with Gasteiger partial charge in [-0.05, 0) is 22.0 Å². The summed E-state index contributed by atoms with van der Waals surface area (Å²) in [6.07, 6.45) is 1.29. The van der Waals surface area contributed by atoms with Crippen molar-refractivity contribution in [3.05, 3.63) is 22.7 Å². The van der Waals surface area contributed by atoms with Gasteiger partial charge in [0.15, 0.2) is 11.6 Å². The van der Waals surface area contributed by atoms with Crippen molar-refractivity contribution >= 4 is 32.7 Å². The Kier molecular flexibility index (Phi) is 2.44. The number of nitrogen functional groups attached to an aromatic ring is 1. The molecule has 15 heavy (non-hydrogen) atoms. The molecule has 1 heterocycles. The molecule has 0 fully saturated rings. The Morgan fingerprint density at radius 1 is 1.47 bits per heavy atom. The standard InChI is InChI=1S/C9H7BrFN3O/c1-15-5-2-4(10)8-6(7(5)11)9(12)14-3-13-8/h2-3H,1H3,(H2,12,13,14). The third-order valence-corrected chi connectivity index (χ3v) is 2.62. The molecule has 1 aromatic carbocycles. The van der Waals surface area contributed by atoms with Crippen molar-refractivity contribution in [3.63, 3.8) is 0 Å². The lowest BCUT2D eigenvalue weighted by molar-refractivity contribution is 0.388. The fraction of sp³-hybridized carbons (Fsp3) is 0.111. The van der Waals surface area contributed by atoms with Gasteiger partial charge in [-0.3, -0.25) is 0 Å². The number of nitrogens with zero attached hydrogens (tertiary/aromatic N) is 2. The van der Waals surface area contributed by atoms with Crippen LogP contribution in [0.5, 0.6) is 5.75 Å². The highest BCUT2D eigenvalue weighted by Crippen LogP contribution is 2.33. The summed E-state index contributed by atoms with van der Waals surface area (Å²) >= 11 is 3.26. The molecule has 0 aliphatic heterocycles. The lowest BCUT2D eigenvalue weighted by Crippen LogP contribution is -1.98. The number of methoxy groups -OCH3 is 1. The number of ether oxygens (including phenoxy) is 1. The van der Waals surface area contributed by atoms with Crippen LogP contribution >= 0.6 is 15.9 Å². The number of fused-ring (bicyclic) bond motifs is 1. The minimum atomic E-state index is -0.547. The zero-order valence-corrected chi connectivity index (χ0v) is 9.38. The maximum atomic E-state index is 13.8. The molecular formula is C9H7BrFN3O. The molecule has 0 unspecified atom stereocenters. The molecule has 0 aliphatic carbocycles. The number of hydrogen-bond donors (Lipinski definition) is 1. The first kappa shape index (κ1) is 10.1. The highest BCUT2D eigenvalue weighted by molar-refractivity contribution is 9.10. The van der Waals surface area contributed by atoms with Gasteiger partial charge in [0.2, 0.25) is 0 Å². The first-order chi connectivity index (χ1) is 7.15. The van der Waals surface area contributed by atoms with E-state index in [4.69, 9.17) is 10.5 Å². The molecule has 0 aliphatic rings. The van der Waals surface area contributed by atoms with Crippen LogP contribution < -0.4 is 10.5 Å². The van der Waals surface area contributed by atoms with E-state index in [1.807, 2.05) is 0 Å². The molecule has 0 saturated heterocycles. The van der Waals surface area contributed by atoms with E-state index in [9.17, 15) is 4.39 Å². The van der Waals surface area contributed by atoms with Crippen molar-refractivity contribution in [2.75, 3.05) is 12.8 Å². The molecular weight excluding hydrogens is 265 g/mol. The monoisotopic (exact) mass is 271 g/mol. The average Bonchev–Trinajstić information content (AvgIpc) is 2.23. The van der Waals surface area contributed by atoms with Crippen molar-refractivity contribution in [1.29, 1.82) is 0 Å². The number of benzene rings is 1. The summed E-state index contributed by atoms with van der Waals surface area (Å²) in [5.41, 5.74) is 6.01. The lowest BCUT2D eigenvalue weighted by Gasteiger charge is -2.07. The van der Waals surface area contributed by atoms with Crippen LogP contribution in [0.25, 0.3) is 10.9 Å². The Balaban J connectivity index is 2.95. The van der Waals surface area contributed by atoms with Crippen LogP contribution in [0.2, 0.25) is 0 Å². The second-order valence-electron chi connectivity index (χ2n) is 2.86. The minimum absolute atomic E-state index is 0.0945. The van der Waals surface area contributed by atoms with E-state index < -0.39 is 5.82 Å². The molecule has 0 amide bonds. The Morgan fingerprint density at radius 3 is 2.87 bits per heavy atom. The van der Waals surface area contributed by atoms with E-state index in [0.29, 0.717) is 9.99 Å². The second kappa shape index (κ2) is 3.62. The molecule has 0 saturated carbocycles. The molecule has 6 heteroatoms.